The summed E-state index contributed by atoms with van der Waals surface area (Å²) in [7, 11) is 1.88. The van der Waals surface area contributed by atoms with Crippen LogP contribution in [-0.4, -0.2) is 17.2 Å². The Balaban J connectivity index is 1.71. The summed E-state index contributed by atoms with van der Waals surface area (Å²) in [5.41, 5.74) is 2.72. The predicted molar refractivity (Wildman–Crippen MR) is 118 cm³/mol. The molecule has 0 amide bonds. The molecule has 1 atom stereocenters. The lowest BCUT2D eigenvalue weighted by Crippen LogP contribution is -2.11. The van der Waals surface area contributed by atoms with Gasteiger partial charge in [-0.2, -0.15) is 18.2 Å². The van der Waals surface area contributed by atoms with E-state index in [9.17, 15) is 13.2 Å². The molecule has 7 heteroatoms. The molecule has 0 fully saturated rings. The molecule has 0 saturated carbocycles. The van der Waals surface area contributed by atoms with E-state index in [4.69, 9.17) is 4.52 Å². The lowest BCUT2D eigenvalue weighted by molar-refractivity contribution is -0.137. The highest BCUT2D eigenvalue weighted by Crippen LogP contribution is 2.40. The Morgan fingerprint density at radius 2 is 1.59 bits per heavy atom. The number of alkyl halides is 3. The first kappa shape index (κ1) is 21.8. The minimum atomic E-state index is -4.53. The van der Waals surface area contributed by atoms with E-state index in [2.05, 4.69) is 15.5 Å². The van der Waals surface area contributed by atoms with Crippen LogP contribution in [0.3, 0.4) is 0 Å². The highest BCUT2D eigenvalue weighted by molar-refractivity contribution is 5.74. The average Bonchev–Trinajstić information content (AvgIpc) is 3.28. The molecule has 0 saturated heterocycles. The minimum Gasteiger partial charge on any atom is -0.334 e. The molecule has 0 aliphatic rings. The van der Waals surface area contributed by atoms with Crippen molar-refractivity contribution in [2.24, 2.45) is 0 Å². The van der Waals surface area contributed by atoms with Crippen LogP contribution in [0.2, 0.25) is 0 Å². The van der Waals surface area contributed by atoms with Gasteiger partial charge in [0, 0.05) is 17.2 Å². The third-order valence-corrected chi connectivity index (χ3v) is 5.54. The molecule has 0 radical (unpaired) electrons. The largest absolute Gasteiger partial charge is 0.417 e. The van der Waals surface area contributed by atoms with Crippen LogP contribution in [0.15, 0.2) is 71.3 Å². The molecule has 4 rings (SSSR count). The van der Waals surface area contributed by atoms with E-state index in [-0.39, 0.29) is 23.1 Å². The van der Waals surface area contributed by atoms with Crippen LogP contribution in [0, 0.1) is 6.92 Å². The van der Waals surface area contributed by atoms with Gasteiger partial charge in [-0.15, -0.1) is 0 Å². The highest BCUT2D eigenvalue weighted by atomic mass is 19.4. The fraction of sp³-hybridized carbons (Fsp3) is 0.200. The normalized spacial score (nSPS) is 12.7. The zero-order valence-electron chi connectivity index (χ0n) is 17.9. The Bertz CT molecular complexity index is 1230. The van der Waals surface area contributed by atoms with E-state index < -0.39 is 11.7 Å². The van der Waals surface area contributed by atoms with Crippen molar-refractivity contribution in [3.8, 4) is 34.0 Å². The maximum absolute atomic E-state index is 13.9. The number of aromatic nitrogens is 2. The molecular formula is C25H22F3N3O. The Labute approximate surface area is 184 Å². The summed E-state index contributed by atoms with van der Waals surface area (Å²) in [6.45, 7) is 3.83. The van der Waals surface area contributed by atoms with Gasteiger partial charge >= 0.3 is 6.18 Å². The van der Waals surface area contributed by atoms with Gasteiger partial charge in [-0.1, -0.05) is 59.8 Å². The van der Waals surface area contributed by atoms with Crippen molar-refractivity contribution in [1.82, 2.24) is 15.5 Å². The minimum absolute atomic E-state index is 0.0366. The number of nitrogens with zero attached hydrogens (tertiary/aromatic N) is 2. The van der Waals surface area contributed by atoms with Crippen molar-refractivity contribution in [3.63, 3.8) is 0 Å². The van der Waals surface area contributed by atoms with Crippen LogP contribution in [0.1, 0.15) is 29.7 Å². The molecule has 0 spiro atoms. The number of benzene rings is 3. The first-order valence-electron chi connectivity index (χ1n) is 10.2. The molecule has 0 aliphatic carbocycles. The van der Waals surface area contributed by atoms with Crippen molar-refractivity contribution in [2.45, 2.75) is 26.1 Å². The van der Waals surface area contributed by atoms with Crippen LogP contribution in [0.25, 0.3) is 34.0 Å². The third kappa shape index (κ3) is 4.29. The summed E-state index contributed by atoms with van der Waals surface area (Å²) in [6, 6.07) is 18.9. The molecule has 0 aliphatic heterocycles. The van der Waals surface area contributed by atoms with Crippen molar-refractivity contribution in [2.75, 3.05) is 7.05 Å². The number of hydrogen-bond acceptors (Lipinski definition) is 4. The van der Waals surface area contributed by atoms with Gasteiger partial charge in [-0.25, -0.2) is 0 Å². The molecule has 164 valence electrons. The Hall–Kier alpha value is -3.45. The van der Waals surface area contributed by atoms with Gasteiger partial charge in [-0.3, -0.25) is 0 Å². The summed E-state index contributed by atoms with van der Waals surface area (Å²) in [6.07, 6.45) is -4.53. The van der Waals surface area contributed by atoms with Gasteiger partial charge in [0.1, 0.15) is 0 Å². The van der Waals surface area contributed by atoms with E-state index in [1.165, 1.54) is 6.07 Å². The molecule has 0 bridgehead atoms. The number of aryl methyl sites for hydroxylation is 1. The first-order valence-corrected chi connectivity index (χ1v) is 10.2. The van der Waals surface area contributed by atoms with E-state index in [0.717, 1.165) is 22.8 Å². The van der Waals surface area contributed by atoms with Crippen LogP contribution in [0.4, 0.5) is 13.2 Å². The molecule has 32 heavy (non-hydrogen) atoms. The van der Waals surface area contributed by atoms with Gasteiger partial charge in [0.15, 0.2) is 0 Å². The summed E-state index contributed by atoms with van der Waals surface area (Å²) >= 11 is 0. The fourth-order valence-electron chi connectivity index (χ4n) is 3.57. The van der Waals surface area contributed by atoms with Crippen molar-refractivity contribution < 1.29 is 17.7 Å². The van der Waals surface area contributed by atoms with Crippen LogP contribution in [-0.2, 0) is 6.18 Å². The smallest absolute Gasteiger partial charge is 0.334 e. The van der Waals surface area contributed by atoms with Crippen LogP contribution in [0.5, 0.6) is 0 Å². The molecule has 1 unspecified atom stereocenters. The summed E-state index contributed by atoms with van der Waals surface area (Å²) < 4.78 is 47.0. The lowest BCUT2D eigenvalue weighted by Gasteiger charge is -2.15. The monoisotopic (exact) mass is 437 g/mol. The molecule has 4 aromatic rings. The number of hydrogen-bond donors (Lipinski definition) is 1. The second-order valence-electron chi connectivity index (χ2n) is 7.63. The topological polar surface area (TPSA) is 51.0 Å². The molecular weight excluding hydrogens is 415 g/mol. The standard InChI is InChI=1S/C25H22F3N3O/c1-15-6-4-5-7-20(15)21-13-12-19(14-22(21)25(26,27)28)24-30-23(31-32-24)18-10-8-17(9-11-18)16(2)29-3/h4-14,16,29H,1-3H3. The SMILES string of the molecule is CNC(C)c1ccc(-c2noc(-c3ccc(-c4ccccc4C)c(C(F)(F)F)c3)n2)cc1. The lowest BCUT2D eigenvalue weighted by atomic mass is 9.94. The quantitative estimate of drug-likeness (QED) is 0.378. The van der Waals surface area contributed by atoms with E-state index in [0.29, 0.717) is 11.4 Å². The predicted octanol–water partition coefficient (Wildman–Crippen LogP) is 6.68. The zero-order chi connectivity index (χ0) is 22.9. The number of rotatable bonds is 5. The molecule has 3 aromatic carbocycles. The van der Waals surface area contributed by atoms with Gasteiger partial charge < -0.3 is 9.84 Å². The number of halogens is 3. The third-order valence-electron chi connectivity index (χ3n) is 5.54. The summed E-state index contributed by atoms with van der Waals surface area (Å²) in [5.74, 6) is 0.356. The van der Waals surface area contributed by atoms with E-state index in [1.54, 1.807) is 37.3 Å². The highest BCUT2D eigenvalue weighted by Gasteiger charge is 2.34. The van der Waals surface area contributed by atoms with Crippen molar-refractivity contribution in [1.29, 1.82) is 0 Å². The van der Waals surface area contributed by atoms with E-state index in [1.807, 2.05) is 38.2 Å². The Morgan fingerprint density at radius 3 is 2.25 bits per heavy atom. The molecule has 4 nitrogen and oxygen atoms in total. The van der Waals surface area contributed by atoms with Gasteiger partial charge in [-0.05, 0) is 55.3 Å². The Kier molecular flexibility index (Phi) is 5.84. The molecule has 1 aromatic heterocycles. The second-order valence-corrected chi connectivity index (χ2v) is 7.63. The van der Waals surface area contributed by atoms with Gasteiger partial charge in [0.25, 0.3) is 5.89 Å². The molecule has 1 N–H and O–H groups in total. The van der Waals surface area contributed by atoms with Gasteiger partial charge in [0.05, 0.1) is 5.56 Å². The summed E-state index contributed by atoms with van der Waals surface area (Å²) in [5, 5.41) is 7.12. The maximum atomic E-state index is 13.9. The summed E-state index contributed by atoms with van der Waals surface area (Å²) in [4.78, 5) is 4.33. The van der Waals surface area contributed by atoms with Crippen molar-refractivity contribution in [3.05, 3.63) is 83.4 Å². The van der Waals surface area contributed by atoms with Crippen molar-refractivity contribution >= 4 is 0 Å². The number of nitrogens with one attached hydrogen (secondary N) is 1. The second kappa shape index (κ2) is 8.59. The molecule has 1 heterocycles. The fourth-order valence-corrected chi connectivity index (χ4v) is 3.57. The van der Waals surface area contributed by atoms with E-state index >= 15 is 0 Å². The van der Waals surface area contributed by atoms with Crippen LogP contribution >= 0.6 is 0 Å². The maximum Gasteiger partial charge on any atom is 0.417 e. The Morgan fingerprint density at radius 1 is 0.906 bits per heavy atom. The zero-order valence-corrected chi connectivity index (χ0v) is 17.9. The van der Waals surface area contributed by atoms with Crippen LogP contribution < -0.4 is 5.32 Å². The van der Waals surface area contributed by atoms with Gasteiger partial charge in [0.2, 0.25) is 5.82 Å². The first-order chi connectivity index (χ1) is 15.3. The average molecular weight is 437 g/mol.